The van der Waals surface area contributed by atoms with Crippen LogP contribution < -0.4 is 5.73 Å². The molecule has 1 aliphatic carbocycles. The Kier molecular flexibility index (Phi) is 3.96. The fourth-order valence-corrected chi connectivity index (χ4v) is 3.31. The molecule has 2 aliphatic rings. The van der Waals surface area contributed by atoms with Crippen molar-refractivity contribution in [1.82, 2.24) is 4.90 Å². The summed E-state index contributed by atoms with van der Waals surface area (Å²) in [5.41, 5.74) is 7.87. The molecule has 2 N–H and O–H groups in total. The second-order valence-electron chi connectivity index (χ2n) is 6.00. The van der Waals surface area contributed by atoms with Crippen molar-refractivity contribution >= 4 is 5.69 Å². The quantitative estimate of drug-likeness (QED) is 0.861. The number of rotatable bonds is 3. The summed E-state index contributed by atoms with van der Waals surface area (Å²) >= 11 is 0. The molecular weight excluding hydrogens is 252 g/mol. The van der Waals surface area contributed by atoms with Crippen molar-refractivity contribution in [3.63, 3.8) is 0 Å². The van der Waals surface area contributed by atoms with Crippen molar-refractivity contribution < 1.29 is 9.47 Å². The molecule has 0 atom stereocenters. The van der Waals surface area contributed by atoms with E-state index in [1.807, 2.05) is 12.1 Å². The summed E-state index contributed by atoms with van der Waals surface area (Å²) in [7, 11) is 2.20. The van der Waals surface area contributed by atoms with Gasteiger partial charge in [0.25, 0.3) is 0 Å². The van der Waals surface area contributed by atoms with Gasteiger partial charge >= 0.3 is 0 Å². The van der Waals surface area contributed by atoms with Crippen LogP contribution in [0.2, 0.25) is 0 Å². The van der Waals surface area contributed by atoms with Crippen LogP contribution in [0.1, 0.15) is 31.2 Å². The average molecular weight is 276 g/mol. The fraction of sp³-hybridized carbons (Fsp3) is 0.625. The van der Waals surface area contributed by atoms with E-state index in [0.717, 1.165) is 51.1 Å². The highest BCUT2D eigenvalue weighted by atomic mass is 16.7. The first-order chi connectivity index (χ1) is 9.67. The summed E-state index contributed by atoms with van der Waals surface area (Å²) in [5, 5.41) is 0. The predicted molar refractivity (Wildman–Crippen MR) is 79.2 cm³/mol. The zero-order valence-electron chi connectivity index (χ0n) is 12.2. The first-order valence-corrected chi connectivity index (χ1v) is 7.49. The van der Waals surface area contributed by atoms with Gasteiger partial charge in [-0.15, -0.1) is 0 Å². The topological polar surface area (TPSA) is 47.7 Å². The van der Waals surface area contributed by atoms with Gasteiger partial charge in [0.1, 0.15) is 0 Å². The van der Waals surface area contributed by atoms with Crippen molar-refractivity contribution in [2.45, 2.75) is 44.1 Å². The minimum absolute atomic E-state index is 0.251. The van der Waals surface area contributed by atoms with Gasteiger partial charge in [-0.05, 0) is 37.6 Å². The molecule has 1 heterocycles. The van der Waals surface area contributed by atoms with Crippen molar-refractivity contribution in [2.75, 3.05) is 26.0 Å². The Morgan fingerprint density at radius 3 is 2.35 bits per heavy atom. The van der Waals surface area contributed by atoms with Crippen LogP contribution in [0.4, 0.5) is 5.69 Å². The van der Waals surface area contributed by atoms with Gasteiger partial charge in [0.15, 0.2) is 5.79 Å². The molecule has 110 valence electrons. The molecule has 0 radical (unpaired) electrons. The summed E-state index contributed by atoms with van der Waals surface area (Å²) in [6.07, 6.45) is 4.32. The van der Waals surface area contributed by atoms with Crippen LogP contribution in [0, 0.1) is 0 Å². The second kappa shape index (κ2) is 5.72. The van der Waals surface area contributed by atoms with Gasteiger partial charge in [0.2, 0.25) is 0 Å². The zero-order valence-corrected chi connectivity index (χ0v) is 12.2. The molecule has 0 bridgehead atoms. The van der Waals surface area contributed by atoms with Gasteiger partial charge in [0, 0.05) is 31.1 Å². The number of benzene rings is 1. The highest BCUT2D eigenvalue weighted by molar-refractivity contribution is 5.39. The van der Waals surface area contributed by atoms with Crippen LogP contribution in [-0.4, -0.2) is 37.0 Å². The lowest BCUT2D eigenvalue weighted by molar-refractivity contribution is -0.183. The summed E-state index contributed by atoms with van der Waals surface area (Å²) in [6, 6.07) is 8.78. The average Bonchev–Trinajstić information content (AvgIpc) is 2.90. The molecule has 4 heteroatoms. The Balaban J connectivity index is 1.53. The van der Waals surface area contributed by atoms with Crippen molar-refractivity contribution in [1.29, 1.82) is 0 Å². The monoisotopic (exact) mass is 276 g/mol. The SMILES string of the molecule is CN(Cc1ccc(N)cc1)C1CCC2(CC1)OCCO2. The number of nitrogens with two attached hydrogens (primary N) is 1. The third-order valence-electron chi connectivity index (χ3n) is 4.57. The van der Waals surface area contributed by atoms with E-state index in [0.29, 0.717) is 6.04 Å². The molecular formula is C16H24N2O2. The number of anilines is 1. The number of nitrogen functional groups attached to an aromatic ring is 1. The van der Waals surface area contributed by atoms with E-state index in [2.05, 4.69) is 24.1 Å². The van der Waals surface area contributed by atoms with E-state index in [4.69, 9.17) is 15.2 Å². The summed E-state index contributed by atoms with van der Waals surface area (Å²) < 4.78 is 11.6. The number of hydrogen-bond donors (Lipinski definition) is 1. The second-order valence-corrected chi connectivity index (χ2v) is 6.00. The normalized spacial score (nSPS) is 22.7. The Morgan fingerprint density at radius 2 is 1.75 bits per heavy atom. The molecule has 4 nitrogen and oxygen atoms in total. The lowest BCUT2D eigenvalue weighted by Crippen LogP contribution is -2.42. The zero-order chi connectivity index (χ0) is 14.0. The highest BCUT2D eigenvalue weighted by Crippen LogP contribution is 2.37. The molecule has 3 rings (SSSR count). The molecule has 0 amide bonds. The van der Waals surface area contributed by atoms with Crippen LogP contribution in [-0.2, 0) is 16.0 Å². The summed E-state index contributed by atoms with van der Waals surface area (Å²) in [4.78, 5) is 2.44. The molecule has 1 aromatic rings. The number of nitrogens with zero attached hydrogens (tertiary/aromatic N) is 1. The van der Waals surface area contributed by atoms with E-state index in [-0.39, 0.29) is 5.79 Å². The molecule has 0 unspecified atom stereocenters. The number of hydrogen-bond acceptors (Lipinski definition) is 4. The van der Waals surface area contributed by atoms with Gasteiger partial charge in [-0.1, -0.05) is 12.1 Å². The van der Waals surface area contributed by atoms with Crippen LogP contribution in [0.3, 0.4) is 0 Å². The van der Waals surface area contributed by atoms with Gasteiger partial charge in [-0.25, -0.2) is 0 Å². The molecule has 0 aromatic heterocycles. The Labute approximate surface area is 120 Å². The first-order valence-electron chi connectivity index (χ1n) is 7.49. The largest absolute Gasteiger partial charge is 0.399 e. The van der Waals surface area contributed by atoms with Crippen molar-refractivity contribution in [3.05, 3.63) is 29.8 Å². The highest BCUT2D eigenvalue weighted by Gasteiger charge is 2.40. The number of ether oxygens (including phenoxy) is 2. The van der Waals surface area contributed by atoms with Gasteiger partial charge in [-0.2, -0.15) is 0 Å². The van der Waals surface area contributed by atoms with Gasteiger partial charge in [-0.3, -0.25) is 4.90 Å². The summed E-state index contributed by atoms with van der Waals surface area (Å²) in [6.45, 7) is 2.48. The maximum Gasteiger partial charge on any atom is 0.168 e. The summed E-state index contributed by atoms with van der Waals surface area (Å²) in [5.74, 6) is -0.251. The van der Waals surface area contributed by atoms with Crippen molar-refractivity contribution in [3.8, 4) is 0 Å². The molecule has 1 aliphatic heterocycles. The maximum absolute atomic E-state index is 5.79. The maximum atomic E-state index is 5.79. The lowest BCUT2D eigenvalue weighted by atomic mass is 9.89. The van der Waals surface area contributed by atoms with Crippen LogP contribution >= 0.6 is 0 Å². The minimum Gasteiger partial charge on any atom is -0.399 e. The van der Waals surface area contributed by atoms with Crippen LogP contribution in [0.5, 0.6) is 0 Å². The molecule has 1 aromatic carbocycles. The Morgan fingerprint density at radius 1 is 1.15 bits per heavy atom. The third-order valence-corrected chi connectivity index (χ3v) is 4.57. The molecule has 1 saturated carbocycles. The standard InChI is InChI=1S/C16H24N2O2/c1-18(12-13-2-4-14(17)5-3-13)15-6-8-16(9-7-15)19-10-11-20-16/h2-5,15H,6-12,17H2,1H3. The van der Waals surface area contributed by atoms with E-state index >= 15 is 0 Å². The first kappa shape index (κ1) is 13.9. The van der Waals surface area contributed by atoms with Crippen molar-refractivity contribution in [2.24, 2.45) is 0 Å². The Bertz CT molecular complexity index is 430. The fourth-order valence-electron chi connectivity index (χ4n) is 3.31. The molecule has 20 heavy (non-hydrogen) atoms. The third kappa shape index (κ3) is 2.97. The van der Waals surface area contributed by atoms with E-state index < -0.39 is 0 Å². The van der Waals surface area contributed by atoms with Crippen LogP contribution in [0.15, 0.2) is 24.3 Å². The molecule has 1 spiro atoms. The lowest BCUT2D eigenvalue weighted by Gasteiger charge is -2.39. The van der Waals surface area contributed by atoms with E-state index in [1.54, 1.807) is 0 Å². The van der Waals surface area contributed by atoms with Gasteiger partial charge < -0.3 is 15.2 Å². The van der Waals surface area contributed by atoms with E-state index in [1.165, 1.54) is 5.56 Å². The van der Waals surface area contributed by atoms with E-state index in [9.17, 15) is 0 Å². The minimum atomic E-state index is -0.251. The predicted octanol–water partition coefficient (Wildman–Crippen LogP) is 2.39. The van der Waals surface area contributed by atoms with Crippen LogP contribution in [0.25, 0.3) is 0 Å². The smallest absolute Gasteiger partial charge is 0.168 e. The molecule has 1 saturated heterocycles. The van der Waals surface area contributed by atoms with Gasteiger partial charge in [0.05, 0.1) is 13.2 Å². The molecule has 2 fully saturated rings. The Hall–Kier alpha value is -1.10.